The van der Waals surface area contributed by atoms with Crippen LogP contribution in [-0.4, -0.2) is 29.5 Å². The van der Waals surface area contributed by atoms with Gasteiger partial charge in [0.15, 0.2) is 0 Å². The van der Waals surface area contributed by atoms with Gasteiger partial charge in [0, 0.05) is 22.1 Å². The van der Waals surface area contributed by atoms with Crippen molar-refractivity contribution >= 4 is 41.2 Å². The number of carbonyl (C=O) groups is 2. The molecule has 0 spiro atoms. The molecule has 7 heteroatoms. The number of aromatic hydroxyl groups is 1. The molecule has 0 unspecified atom stereocenters. The number of phenols is 1. The van der Waals surface area contributed by atoms with Gasteiger partial charge < -0.3 is 14.6 Å². The Labute approximate surface area is 193 Å². The van der Waals surface area contributed by atoms with Crippen LogP contribution >= 0.6 is 12.6 Å². The molecule has 0 aliphatic rings. The Morgan fingerprint density at radius 1 is 1.00 bits per heavy atom. The van der Waals surface area contributed by atoms with E-state index in [9.17, 15) is 14.7 Å². The molecule has 0 fully saturated rings. The summed E-state index contributed by atoms with van der Waals surface area (Å²) in [6, 6.07) is 19.8. The lowest BCUT2D eigenvalue weighted by Crippen LogP contribution is -2.30. The van der Waals surface area contributed by atoms with Crippen molar-refractivity contribution in [1.29, 1.82) is 0 Å². The highest BCUT2D eigenvalue weighted by Gasteiger charge is 2.36. The largest absolute Gasteiger partial charge is 0.507 e. The number of carbonyl (C=O) groups excluding carboxylic acids is 2. The zero-order valence-corrected chi connectivity index (χ0v) is 19.0. The van der Waals surface area contributed by atoms with Crippen molar-refractivity contribution in [1.82, 2.24) is 0 Å². The van der Waals surface area contributed by atoms with Gasteiger partial charge in [-0.1, -0.05) is 62.4 Å². The second-order valence-corrected chi connectivity index (χ2v) is 8.43. The van der Waals surface area contributed by atoms with Gasteiger partial charge in [-0.3, -0.25) is 10.1 Å². The molecular formula is C25H27NO5S. The third-order valence-electron chi connectivity index (χ3n) is 5.31. The first-order chi connectivity index (χ1) is 15.3. The number of nitrogens with one attached hydrogen (secondary N) is 1. The van der Waals surface area contributed by atoms with Crippen LogP contribution in [0.25, 0.3) is 10.8 Å². The van der Waals surface area contributed by atoms with Crippen LogP contribution in [0.3, 0.4) is 0 Å². The molecule has 2 N–H and O–H groups in total. The highest BCUT2D eigenvalue weighted by atomic mass is 32.1. The van der Waals surface area contributed by atoms with Crippen LogP contribution in [0.2, 0.25) is 0 Å². The molecule has 0 heterocycles. The maximum absolute atomic E-state index is 12.8. The lowest BCUT2D eigenvalue weighted by atomic mass is 9.78. The van der Waals surface area contributed by atoms with Crippen molar-refractivity contribution in [3.05, 3.63) is 72.3 Å². The summed E-state index contributed by atoms with van der Waals surface area (Å²) in [5, 5.41) is 14.5. The van der Waals surface area contributed by atoms with Gasteiger partial charge in [-0.05, 0) is 30.0 Å². The molecule has 0 bridgehead atoms. The van der Waals surface area contributed by atoms with E-state index in [-0.39, 0.29) is 18.1 Å². The SMILES string of the molecule is CC(C)(CCOC(=O)CS)[C@@H](OC(=O)Nc1ccccc1)c1ccc(O)c2ccccc12. The van der Waals surface area contributed by atoms with E-state index < -0.39 is 23.6 Å². The van der Waals surface area contributed by atoms with E-state index in [1.54, 1.807) is 24.3 Å². The Hall–Kier alpha value is -3.19. The summed E-state index contributed by atoms with van der Waals surface area (Å²) >= 11 is 3.93. The highest BCUT2D eigenvalue weighted by Crippen LogP contribution is 2.43. The van der Waals surface area contributed by atoms with E-state index in [0.717, 1.165) is 10.9 Å². The highest BCUT2D eigenvalue weighted by molar-refractivity contribution is 7.81. The van der Waals surface area contributed by atoms with Crippen LogP contribution < -0.4 is 5.32 Å². The molecule has 0 aromatic heterocycles. The van der Waals surface area contributed by atoms with Crippen molar-refractivity contribution in [3.8, 4) is 5.75 Å². The van der Waals surface area contributed by atoms with Crippen LogP contribution in [0.5, 0.6) is 5.75 Å². The maximum Gasteiger partial charge on any atom is 0.412 e. The lowest BCUT2D eigenvalue weighted by Gasteiger charge is -2.34. The molecule has 3 rings (SSSR count). The lowest BCUT2D eigenvalue weighted by molar-refractivity contribution is -0.141. The first-order valence-electron chi connectivity index (χ1n) is 10.3. The fourth-order valence-electron chi connectivity index (χ4n) is 3.56. The van der Waals surface area contributed by atoms with Gasteiger partial charge in [0.25, 0.3) is 0 Å². The van der Waals surface area contributed by atoms with Crippen molar-refractivity contribution in [2.24, 2.45) is 5.41 Å². The van der Waals surface area contributed by atoms with E-state index in [1.165, 1.54) is 0 Å². The van der Waals surface area contributed by atoms with Crippen LogP contribution in [-0.2, 0) is 14.3 Å². The summed E-state index contributed by atoms with van der Waals surface area (Å²) in [6.45, 7) is 4.07. The summed E-state index contributed by atoms with van der Waals surface area (Å²) in [4.78, 5) is 24.3. The number of hydrogen-bond acceptors (Lipinski definition) is 6. The van der Waals surface area contributed by atoms with Crippen LogP contribution in [0.4, 0.5) is 10.5 Å². The molecular weight excluding hydrogens is 426 g/mol. The normalized spacial score (nSPS) is 12.2. The molecule has 3 aromatic carbocycles. The fraction of sp³-hybridized carbons (Fsp3) is 0.280. The number of esters is 1. The van der Waals surface area contributed by atoms with Crippen molar-refractivity contribution in [3.63, 3.8) is 0 Å². The first kappa shape index (κ1) is 23.5. The predicted octanol–water partition coefficient (Wildman–Crippen LogP) is 5.72. The summed E-state index contributed by atoms with van der Waals surface area (Å²) in [7, 11) is 0. The van der Waals surface area contributed by atoms with Gasteiger partial charge in [-0.15, -0.1) is 0 Å². The number of amides is 1. The summed E-state index contributed by atoms with van der Waals surface area (Å²) in [5.74, 6) is -0.251. The van der Waals surface area contributed by atoms with Gasteiger partial charge in [0.2, 0.25) is 0 Å². The second kappa shape index (κ2) is 10.4. The number of anilines is 1. The summed E-state index contributed by atoms with van der Waals surface area (Å²) < 4.78 is 11.2. The minimum Gasteiger partial charge on any atom is -0.507 e. The molecule has 0 aliphatic heterocycles. The average Bonchev–Trinajstić information content (AvgIpc) is 2.78. The average molecular weight is 454 g/mol. The van der Waals surface area contributed by atoms with Crippen molar-refractivity contribution in [2.75, 3.05) is 17.7 Å². The number of para-hydroxylation sites is 1. The summed E-state index contributed by atoms with van der Waals surface area (Å²) in [6.07, 6.45) is -0.824. The van der Waals surface area contributed by atoms with Gasteiger partial charge in [0.1, 0.15) is 11.9 Å². The predicted molar refractivity (Wildman–Crippen MR) is 128 cm³/mol. The Balaban J connectivity index is 1.93. The molecule has 1 amide bonds. The number of thiol groups is 1. The van der Waals surface area contributed by atoms with Gasteiger partial charge in [0.05, 0.1) is 12.4 Å². The van der Waals surface area contributed by atoms with Crippen molar-refractivity contribution < 1.29 is 24.2 Å². The van der Waals surface area contributed by atoms with E-state index in [4.69, 9.17) is 9.47 Å². The third kappa shape index (κ3) is 5.73. The number of fused-ring (bicyclic) bond motifs is 1. The van der Waals surface area contributed by atoms with Gasteiger partial charge in [-0.2, -0.15) is 12.6 Å². The van der Waals surface area contributed by atoms with Crippen LogP contribution in [0, 0.1) is 5.41 Å². The van der Waals surface area contributed by atoms with Crippen LogP contribution in [0.1, 0.15) is 31.9 Å². The van der Waals surface area contributed by atoms with Gasteiger partial charge in [-0.25, -0.2) is 4.79 Å². The zero-order valence-electron chi connectivity index (χ0n) is 18.1. The molecule has 0 radical (unpaired) electrons. The van der Waals surface area contributed by atoms with E-state index >= 15 is 0 Å². The molecule has 0 saturated carbocycles. The molecule has 6 nitrogen and oxygen atoms in total. The zero-order chi connectivity index (χ0) is 23.1. The fourth-order valence-corrected chi connectivity index (χ4v) is 3.65. The molecule has 3 aromatic rings. The standard InChI is InChI=1S/C25H27NO5S/c1-25(2,14-15-30-22(28)16-32)23(31-24(29)26-17-8-4-3-5-9-17)20-12-13-21(27)19-11-7-6-10-18(19)20/h3-13,23,27,32H,14-16H2,1-2H3,(H,26,29)/t23-/m0/s1. The number of phenolic OH excluding ortho intramolecular Hbond substituents is 1. The minimum atomic E-state index is -0.675. The van der Waals surface area contributed by atoms with E-state index in [1.807, 2.05) is 56.3 Å². The van der Waals surface area contributed by atoms with E-state index in [2.05, 4.69) is 17.9 Å². The molecule has 0 saturated heterocycles. The Morgan fingerprint density at radius 3 is 2.34 bits per heavy atom. The quantitative estimate of drug-likeness (QED) is 0.300. The van der Waals surface area contributed by atoms with Crippen LogP contribution in [0.15, 0.2) is 66.7 Å². The molecule has 0 aliphatic carbocycles. The number of benzene rings is 3. The Morgan fingerprint density at radius 2 is 1.66 bits per heavy atom. The molecule has 32 heavy (non-hydrogen) atoms. The number of rotatable bonds is 8. The number of ether oxygens (including phenoxy) is 2. The first-order valence-corrected chi connectivity index (χ1v) is 10.9. The third-order valence-corrected chi connectivity index (χ3v) is 5.57. The second-order valence-electron chi connectivity index (χ2n) is 8.11. The maximum atomic E-state index is 12.8. The Kier molecular flexibility index (Phi) is 7.64. The van der Waals surface area contributed by atoms with Gasteiger partial charge >= 0.3 is 12.1 Å². The van der Waals surface area contributed by atoms with Crippen molar-refractivity contribution in [2.45, 2.75) is 26.4 Å². The van der Waals surface area contributed by atoms with E-state index in [0.29, 0.717) is 17.5 Å². The number of hydrogen-bond donors (Lipinski definition) is 3. The molecule has 1 atom stereocenters. The summed E-state index contributed by atoms with van der Waals surface area (Å²) in [5.41, 5.74) is 0.782. The smallest absolute Gasteiger partial charge is 0.412 e. The Bertz CT molecular complexity index is 1080. The molecule has 168 valence electrons. The minimum absolute atomic E-state index is 0.00242. The topological polar surface area (TPSA) is 84.9 Å². The monoisotopic (exact) mass is 453 g/mol.